The van der Waals surface area contributed by atoms with Gasteiger partial charge >= 0.3 is 0 Å². The quantitative estimate of drug-likeness (QED) is 0.848. The normalized spacial score (nSPS) is 26.0. The highest BCUT2D eigenvalue weighted by Crippen LogP contribution is 2.44. The Morgan fingerprint density at radius 1 is 1.29 bits per heavy atom. The number of hydrogen-bond acceptors (Lipinski definition) is 3. The van der Waals surface area contributed by atoms with Gasteiger partial charge in [0, 0.05) is 18.2 Å². The zero-order valence-corrected chi connectivity index (χ0v) is 14.6. The molecule has 2 fully saturated rings. The number of nitrogens with one attached hydrogen (secondary N) is 1. The highest BCUT2D eigenvalue weighted by Gasteiger charge is 2.40. The maximum Gasteiger partial charge on any atom is 0.235 e. The first-order valence-corrected chi connectivity index (χ1v) is 10.2. The second kappa shape index (κ2) is 6.80. The minimum absolute atomic E-state index is 0.143. The summed E-state index contributed by atoms with van der Waals surface area (Å²) in [6.07, 6.45) is 5.57. The summed E-state index contributed by atoms with van der Waals surface area (Å²) in [4.78, 5) is 12.3. The van der Waals surface area contributed by atoms with Crippen molar-refractivity contribution in [3.63, 3.8) is 0 Å². The predicted octanol–water partition coefficient (Wildman–Crippen LogP) is 1.89. The van der Waals surface area contributed by atoms with Gasteiger partial charge in [0.15, 0.2) is 0 Å². The maximum atomic E-state index is 13.8. The molecule has 5 nitrogen and oxygen atoms in total. The molecule has 0 spiro atoms. The van der Waals surface area contributed by atoms with Crippen molar-refractivity contribution >= 4 is 15.9 Å². The van der Waals surface area contributed by atoms with Crippen LogP contribution in [0.5, 0.6) is 0 Å². The number of rotatable bonds is 6. The number of sulfonamides is 1. The SMILES string of the molecule is CS(=O)(=O)N(CC(=O)N[C@H]1C[C@H]2CC[C@H]1C2)Cc1ccccc1F. The van der Waals surface area contributed by atoms with Crippen LogP contribution in [0.2, 0.25) is 0 Å². The molecular weight excluding hydrogens is 331 g/mol. The van der Waals surface area contributed by atoms with Gasteiger partial charge in [-0.1, -0.05) is 24.6 Å². The summed E-state index contributed by atoms with van der Waals surface area (Å²) < 4.78 is 38.7. The van der Waals surface area contributed by atoms with Crippen LogP contribution in [0.3, 0.4) is 0 Å². The van der Waals surface area contributed by atoms with E-state index in [1.165, 1.54) is 18.6 Å². The summed E-state index contributed by atoms with van der Waals surface area (Å²) in [6.45, 7) is -0.420. The lowest BCUT2D eigenvalue weighted by Gasteiger charge is -2.25. The Hall–Kier alpha value is -1.47. The molecule has 0 heterocycles. The first-order chi connectivity index (χ1) is 11.3. The maximum absolute atomic E-state index is 13.8. The first kappa shape index (κ1) is 17.4. The lowest BCUT2D eigenvalue weighted by molar-refractivity contribution is -0.122. The Kier molecular flexibility index (Phi) is 4.92. The number of hydrogen-bond donors (Lipinski definition) is 1. The van der Waals surface area contributed by atoms with E-state index in [1.54, 1.807) is 12.1 Å². The zero-order valence-electron chi connectivity index (χ0n) is 13.7. The van der Waals surface area contributed by atoms with E-state index in [9.17, 15) is 17.6 Å². The van der Waals surface area contributed by atoms with Gasteiger partial charge in [0.25, 0.3) is 0 Å². The summed E-state index contributed by atoms with van der Waals surface area (Å²) in [6, 6.07) is 6.16. The molecule has 0 radical (unpaired) electrons. The highest BCUT2D eigenvalue weighted by molar-refractivity contribution is 7.88. The molecule has 2 aliphatic carbocycles. The van der Waals surface area contributed by atoms with Gasteiger partial charge in [-0.3, -0.25) is 4.79 Å². The molecule has 1 aromatic rings. The summed E-state index contributed by atoms with van der Waals surface area (Å²) >= 11 is 0. The van der Waals surface area contributed by atoms with E-state index in [2.05, 4.69) is 5.32 Å². The van der Waals surface area contributed by atoms with Crippen molar-refractivity contribution in [3.8, 4) is 0 Å². The largest absolute Gasteiger partial charge is 0.352 e. The van der Waals surface area contributed by atoms with Crippen LogP contribution < -0.4 is 5.32 Å². The van der Waals surface area contributed by atoms with Gasteiger partial charge in [-0.25, -0.2) is 12.8 Å². The molecule has 3 atom stereocenters. The van der Waals surface area contributed by atoms with Crippen LogP contribution in [0.25, 0.3) is 0 Å². The number of carbonyl (C=O) groups excluding carboxylic acids is 1. The van der Waals surface area contributed by atoms with Crippen LogP contribution in [0.4, 0.5) is 4.39 Å². The molecule has 24 heavy (non-hydrogen) atoms. The van der Waals surface area contributed by atoms with Gasteiger partial charge in [-0.2, -0.15) is 4.31 Å². The molecule has 7 heteroatoms. The van der Waals surface area contributed by atoms with Crippen molar-refractivity contribution < 1.29 is 17.6 Å². The highest BCUT2D eigenvalue weighted by atomic mass is 32.2. The van der Waals surface area contributed by atoms with E-state index < -0.39 is 15.8 Å². The van der Waals surface area contributed by atoms with Gasteiger partial charge in [0.1, 0.15) is 5.82 Å². The molecule has 0 aliphatic heterocycles. The molecular formula is C17H23FN2O3S. The number of benzene rings is 1. The average Bonchev–Trinajstić information content (AvgIpc) is 3.10. The van der Waals surface area contributed by atoms with Gasteiger partial charge in [-0.15, -0.1) is 0 Å². The molecule has 0 unspecified atom stereocenters. The average molecular weight is 354 g/mol. The van der Waals surface area contributed by atoms with Crippen molar-refractivity contribution in [1.29, 1.82) is 0 Å². The smallest absolute Gasteiger partial charge is 0.235 e. The molecule has 1 N–H and O–H groups in total. The van der Waals surface area contributed by atoms with Gasteiger partial charge in [0.2, 0.25) is 15.9 Å². The molecule has 2 saturated carbocycles. The minimum Gasteiger partial charge on any atom is -0.352 e. The Bertz CT molecular complexity index is 722. The number of carbonyl (C=O) groups is 1. The van der Waals surface area contributed by atoms with Crippen molar-refractivity contribution in [2.45, 2.75) is 38.3 Å². The molecule has 1 aromatic carbocycles. The molecule has 1 amide bonds. The first-order valence-electron chi connectivity index (χ1n) is 8.31. The minimum atomic E-state index is -3.61. The third kappa shape index (κ3) is 3.95. The second-order valence-electron chi connectivity index (χ2n) is 6.97. The molecule has 3 rings (SSSR count). The topological polar surface area (TPSA) is 66.5 Å². The van der Waals surface area contributed by atoms with E-state index in [1.807, 2.05) is 0 Å². The van der Waals surface area contributed by atoms with Crippen LogP contribution >= 0.6 is 0 Å². The number of amides is 1. The Balaban J connectivity index is 1.64. The van der Waals surface area contributed by atoms with Crippen LogP contribution in [-0.4, -0.2) is 37.5 Å². The van der Waals surface area contributed by atoms with Crippen LogP contribution in [0, 0.1) is 17.7 Å². The van der Waals surface area contributed by atoms with Crippen molar-refractivity contribution in [3.05, 3.63) is 35.6 Å². The Morgan fingerprint density at radius 2 is 2.04 bits per heavy atom. The lowest BCUT2D eigenvalue weighted by atomic mass is 9.95. The second-order valence-corrected chi connectivity index (χ2v) is 8.95. The van der Waals surface area contributed by atoms with Crippen LogP contribution in [0.1, 0.15) is 31.2 Å². The van der Waals surface area contributed by atoms with E-state index in [0.29, 0.717) is 11.8 Å². The summed E-state index contributed by atoms with van der Waals surface area (Å²) in [7, 11) is -3.61. The molecule has 2 bridgehead atoms. The number of halogens is 1. The van der Waals surface area contributed by atoms with Crippen LogP contribution in [-0.2, 0) is 21.4 Å². The fourth-order valence-electron chi connectivity index (χ4n) is 3.94. The van der Waals surface area contributed by atoms with Crippen molar-refractivity contribution in [2.24, 2.45) is 11.8 Å². The van der Waals surface area contributed by atoms with E-state index in [0.717, 1.165) is 29.8 Å². The van der Waals surface area contributed by atoms with Crippen molar-refractivity contribution in [1.82, 2.24) is 9.62 Å². The lowest BCUT2D eigenvalue weighted by Crippen LogP contribution is -2.45. The fourth-order valence-corrected chi connectivity index (χ4v) is 4.67. The van der Waals surface area contributed by atoms with E-state index >= 15 is 0 Å². The Morgan fingerprint density at radius 3 is 2.62 bits per heavy atom. The zero-order chi connectivity index (χ0) is 17.3. The van der Waals surface area contributed by atoms with Gasteiger partial charge in [0.05, 0.1) is 12.8 Å². The fraction of sp³-hybridized carbons (Fsp3) is 0.588. The van der Waals surface area contributed by atoms with Gasteiger partial charge in [-0.05, 0) is 37.2 Å². The predicted molar refractivity (Wildman–Crippen MR) is 89.0 cm³/mol. The number of fused-ring (bicyclic) bond motifs is 2. The summed E-state index contributed by atoms with van der Waals surface area (Å²) in [5.74, 6) is 0.441. The standard InChI is InChI=1S/C17H23FN2O3S/c1-24(22,23)20(10-14-4-2-3-5-15(14)18)11-17(21)19-16-9-12-6-7-13(16)8-12/h2-5,12-13,16H,6-11H2,1H3,(H,19,21)/t12-,13-,16-/m0/s1. The third-order valence-electron chi connectivity index (χ3n) is 5.18. The molecule has 0 aromatic heterocycles. The summed E-state index contributed by atoms with van der Waals surface area (Å²) in [5, 5.41) is 2.97. The van der Waals surface area contributed by atoms with Crippen LogP contribution in [0.15, 0.2) is 24.3 Å². The monoisotopic (exact) mass is 354 g/mol. The molecule has 0 saturated heterocycles. The third-order valence-corrected chi connectivity index (χ3v) is 6.37. The molecule has 2 aliphatic rings. The molecule has 132 valence electrons. The number of nitrogens with zero attached hydrogens (tertiary/aromatic N) is 1. The van der Waals surface area contributed by atoms with E-state index in [4.69, 9.17) is 0 Å². The Labute approximate surface area is 142 Å². The van der Waals surface area contributed by atoms with Crippen molar-refractivity contribution in [2.75, 3.05) is 12.8 Å². The van der Waals surface area contributed by atoms with Gasteiger partial charge < -0.3 is 5.32 Å². The summed E-state index contributed by atoms with van der Waals surface area (Å²) in [5.41, 5.74) is 0.260. The van der Waals surface area contributed by atoms with E-state index in [-0.39, 0.29) is 30.6 Å².